The van der Waals surface area contributed by atoms with Gasteiger partial charge in [-0.15, -0.1) is 11.3 Å². The van der Waals surface area contributed by atoms with Crippen LogP contribution in [0.5, 0.6) is 5.75 Å². The molecule has 0 radical (unpaired) electrons. The molecule has 0 aliphatic rings. The molecule has 1 aromatic heterocycles. The maximum absolute atomic E-state index is 13.7. The molecule has 0 spiro atoms. The number of nitrogens with one attached hydrogen (secondary N) is 2. The molecule has 0 aliphatic heterocycles. The van der Waals surface area contributed by atoms with Gasteiger partial charge in [0.05, 0.1) is 23.1 Å². The average Bonchev–Trinajstić information content (AvgIpc) is 3.24. The van der Waals surface area contributed by atoms with Gasteiger partial charge in [-0.1, -0.05) is 0 Å². The Morgan fingerprint density at radius 2 is 2.00 bits per heavy atom. The maximum Gasteiger partial charge on any atom is 0.263 e. The first-order valence-corrected chi connectivity index (χ1v) is 11.4. The number of hydrogen-bond donors (Lipinski definition) is 2. The standard InChI is InChI=1S/C20H17FN4O4S2/c21-17-12-14(13-22)3-8-18(17)29-10-1-2-19(26)24-15-4-6-16(7-5-15)31(27,28)25-20-23-9-11-30-20/h3-9,11-12H,1-2,10H2,(H,23,25)(H,24,26). The molecule has 0 fully saturated rings. The number of hydrogen-bond acceptors (Lipinski definition) is 7. The number of carbonyl (C=O) groups excluding carboxylic acids is 1. The van der Waals surface area contributed by atoms with Crippen LogP contribution in [0.25, 0.3) is 0 Å². The summed E-state index contributed by atoms with van der Waals surface area (Å²) in [6, 6.07) is 11.5. The quantitative estimate of drug-likeness (QED) is 0.469. The van der Waals surface area contributed by atoms with Gasteiger partial charge >= 0.3 is 0 Å². The van der Waals surface area contributed by atoms with Crippen molar-refractivity contribution in [2.24, 2.45) is 0 Å². The summed E-state index contributed by atoms with van der Waals surface area (Å²) in [5, 5.41) is 13.3. The predicted octanol–water partition coefficient (Wildman–Crippen LogP) is 3.75. The van der Waals surface area contributed by atoms with E-state index in [9.17, 15) is 17.6 Å². The van der Waals surface area contributed by atoms with Gasteiger partial charge in [-0.25, -0.2) is 17.8 Å². The highest BCUT2D eigenvalue weighted by molar-refractivity contribution is 7.93. The van der Waals surface area contributed by atoms with Crippen molar-refractivity contribution in [1.29, 1.82) is 5.26 Å². The van der Waals surface area contributed by atoms with E-state index in [-0.39, 0.29) is 40.3 Å². The van der Waals surface area contributed by atoms with Crippen LogP contribution < -0.4 is 14.8 Å². The molecular formula is C20H17FN4O4S2. The van der Waals surface area contributed by atoms with Crippen molar-refractivity contribution < 1.29 is 22.3 Å². The van der Waals surface area contributed by atoms with Crippen LogP contribution in [0, 0.1) is 17.1 Å². The number of amides is 1. The lowest BCUT2D eigenvalue weighted by Crippen LogP contribution is -2.14. The summed E-state index contributed by atoms with van der Waals surface area (Å²) in [5.74, 6) is -0.911. The smallest absolute Gasteiger partial charge is 0.263 e. The van der Waals surface area contributed by atoms with Crippen LogP contribution >= 0.6 is 11.3 Å². The summed E-state index contributed by atoms with van der Waals surface area (Å²) in [6.45, 7) is 0.121. The summed E-state index contributed by atoms with van der Waals surface area (Å²) >= 11 is 1.16. The van der Waals surface area contributed by atoms with E-state index in [2.05, 4.69) is 15.0 Å². The van der Waals surface area contributed by atoms with Crippen molar-refractivity contribution in [3.8, 4) is 11.8 Å². The van der Waals surface area contributed by atoms with E-state index >= 15 is 0 Å². The molecule has 0 saturated heterocycles. The minimum atomic E-state index is -3.76. The molecule has 2 aromatic carbocycles. The number of benzene rings is 2. The Morgan fingerprint density at radius 3 is 2.65 bits per heavy atom. The van der Waals surface area contributed by atoms with E-state index in [0.29, 0.717) is 12.1 Å². The van der Waals surface area contributed by atoms with Crippen LogP contribution in [0.15, 0.2) is 58.9 Å². The van der Waals surface area contributed by atoms with Gasteiger partial charge in [0.2, 0.25) is 5.91 Å². The van der Waals surface area contributed by atoms with Crippen LogP contribution in [-0.2, 0) is 14.8 Å². The van der Waals surface area contributed by atoms with Crippen LogP contribution in [0.3, 0.4) is 0 Å². The van der Waals surface area contributed by atoms with Gasteiger partial charge in [-0.3, -0.25) is 9.52 Å². The van der Waals surface area contributed by atoms with Crippen molar-refractivity contribution in [1.82, 2.24) is 4.98 Å². The van der Waals surface area contributed by atoms with E-state index in [0.717, 1.165) is 17.4 Å². The van der Waals surface area contributed by atoms with Gasteiger partial charge < -0.3 is 10.1 Å². The fraction of sp³-hybridized carbons (Fsp3) is 0.150. The van der Waals surface area contributed by atoms with E-state index in [1.807, 2.05) is 6.07 Å². The highest BCUT2D eigenvalue weighted by Crippen LogP contribution is 2.20. The SMILES string of the molecule is N#Cc1ccc(OCCCC(=O)Nc2ccc(S(=O)(=O)Nc3nccs3)cc2)c(F)c1. The monoisotopic (exact) mass is 460 g/mol. The van der Waals surface area contributed by atoms with Crippen LogP contribution in [0.1, 0.15) is 18.4 Å². The molecule has 2 N–H and O–H groups in total. The van der Waals surface area contributed by atoms with E-state index in [4.69, 9.17) is 10.00 Å². The number of thiazole rings is 1. The lowest BCUT2D eigenvalue weighted by molar-refractivity contribution is -0.116. The highest BCUT2D eigenvalue weighted by Gasteiger charge is 2.15. The second-order valence-corrected chi connectivity index (χ2v) is 8.80. The second-order valence-electron chi connectivity index (χ2n) is 6.22. The van der Waals surface area contributed by atoms with Crippen molar-refractivity contribution in [2.45, 2.75) is 17.7 Å². The number of rotatable bonds is 9. The highest BCUT2D eigenvalue weighted by atomic mass is 32.2. The van der Waals surface area contributed by atoms with Crippen LogP contribution in [-0.4, -0.2) is 25.9 Å². The molecule has 8 nitrogen and oxygen atoms in total. The molecule has 0 saturated carbocycles. The van der Waals surface area contributed by atoms with Crippen LogP contribution in [0.2, 0.25) is 0 Å². The van der Waals surface area contributed by atoms with Crippen molar-refractivity contribution in [3.63, 3.8) is 0 Å². The van der Waals surface area contributed by atoms with Gasteiger partial charge in [0.15, 0.2) is 16.7 Å². The minimum absolute atomic E-state index is 0.0163. The molecule has 160 valence electrons. The Hall–Kier alpha value is -3.49. The number of aromatic nitrogens is 1. The normalized spacial score (nSPS) is 10.8. The molecule has 0 atom stereocenters. The molecule has 31 heavy (non-hydrogen) atoms. The molecule has 3 rings (SSSR count). The zero-order chi connectivity index (χ0) is 22.3. The average molecular weight is 461 g/mol. The van der Waals surface area contributed by atoms with Gasteiger partial charge in [0, 0.05) is 23.7 Å². The third-order valence-corrected chi connectivity index (χ3v) is 6.14. The zero-order valence-electron chi connectivity index (χ0n) is 16.0. The Balaban J connectivity index is 1.46. The van der Waals surface area contributed by atoms with Gasteiger partial charge in [-0.05, 0) is 48.9 Å². The molecule has 0 bridgehead atoms. The number of anilines is 2. The maximum atomic E-state index is 13.7. The first kappa shape index (κ1) is 22.2. The van der Waals surface area contributed by atoms with E-state index < -0.39 is 15.8 Å². The Morgan fingerprint density at radius 1 is 1.23 bits per heavy atom. The summed E-state index contributed by atoms with van der Waals surface area (Å²) < 4.78 is 46.0. The summed E-state index contributed by atoms with van der Waals surface area (Å²) in [7, 11) is -3.76. The molecule has 0 aliphatic carbocycles. The van der Waals surface area contributed by atoms with Gasteiger partial charge in [0.1, 0.15) is 0 Å². The van der Waals surface area contributed by atoms with Crippen molar-refractivity contribution >= 4 is 38.1 Å². The number of nitriles is 1. The molecule has 1 heterocycles. The van der Waals surface area contributed by atoms with E-state index in [1.165, 1.54) is 42.6 Å². The van der Waals surface area contributed by atoms with Crippen molar-refractivity contribution in [2.75, 3.05) is 16.6 Å². The summed E-state index contributed by atoms with van der Waals surface area (Å²) in [6.07, 6.45) is 1.96. The fourth-order valence-electron chi connectivity index (χ4n) is 2.49. The second kappa shape index (κ2) is 10.0. The first-order valence-electron chi connectivity index (χ1n) is 9.02. The number of nitrogens with zero attached hydrogens (tertiary/aromatic N) is 2. The molecule has 11 heteroatoms. The third-order valence-electron chi connectivity index (χ3n) is 3.97. The number of ether oxygens (including phenoxy) is 1. The van der Waals surface area contributed by atoms with Crippen molar-refractivity contribution in [3.05, 3.63) is 65.4 Å². The lowest BCUT2D eigenvalue weighted by atomic mass is 10.2. The summed E-state index contributed by atoms with van der Waals surface area (Å²) in [4.78, 5) is 16.0. The van der Waals surface area contributed by atoms with E-state index in [1.54, 1.807) is 5.38 Å². The predicted molar refractivity (Wildman–Crippen MR) is 114 cm³/mol. The molecular weight excluding hydrogens is 443 g/mol. The topological polar surface area (TPSA) is 121 Å². The third kappa shape index (κ3) is 6.24. The lowest BCUT2D eigenvalue weighted by Gasteiger charge is -2.09. The van der Waals surface area contributed by atoms with Gasteiger partial charge in [0.25, 0.3) is 10.0 Å². The molecule has 3 aromatic rings. The number of halogens is 1. The Labute approximate surface area is 182 Å². The molecule has 0 unspecified atom stereocenters. The summed E-state index contributed by atoms with van der Waals surface area (Å²) in [5.41, 5.74) is 0.638. The zero-order valence-corrected chi connectivity index (χ0v) is 17.7. The van der Waals surface area contributed by atoms with Crippen LogP contribution in [0.4, 0.5) is 15.2 Å². The van der Waals surface area contributed by atoms with Gasteiger partial charge in [-0.2, -0.15) is 5.26 Å². The Kier molecular flexibility index (Phi) is 7.17. The minimum Gasteiger partial charge on any atom is -0.491 e. The molecule has 1 amide bonds. The first-order chi connectivity index (χ1) is 14.9. The number of sulfonamides is 1. The Bertz CT molecular complexity index is 1190. The largest absolute Gasteiger partial charge is 0.491 e. The fourth-order valence-corrected chi connectivity index (χ4v) is 4.28. The number of carbonyl (C=O) groups is 1.